The lowest BCUT2D eigenvalue weighted by molar-refractivity contribution is 0.348. The maximum atomic E-state index is 4.41. The van der Waals surface area contributed by atoms with Crippen LogP contribution >= 0.6 is 0 Å². The molecule has 4 nitrogen and oxygen atoms in total. The number of fused-ring (bicyclic) bond motifs is 1. The molecule has 1 saturated heterocycles. The normalized spacial score (nSPS) is 29.0. The minimum absolute atomic E-state index is 0.759. The van der Waals surface area contributed by atoms with E-state index in [0.717, 1.165) is 37.8 Å². The monoisotopic (exact) mass is 234 g/mol. The average molecular weight is 234 g/mol. The molecule has 2 unspecified atom stereocenters. The third kappa shape index (κ3) is 2.37. The van der Waals surface area contributed by atoms with Crippen LogP contribution in [0, 0.1) is 11.8 Å². The van der Waals surface area contributed by atoms with Crippen LogP contribution in [-0.4, -0.2) is 27.9 Å². The lowest BCUT2D eigenvalue weighted by atomic mass is 9.95. The molecule has 3 heterocycles. The summed E-state index contributed by atoms with van der Waals surface area (Å²) < 4.78 is 2.38. The van der Waals surface area contributed by atoms with Gasteiger partial charge in [-0.1, -0.05) is 6.92 Å². The number of hydrogen-bond acceptors (Lipinski definition) is 3. The van der Waals surface area contributed by atoms with Crippen molar-refractivity contribution in [2.75, 3.05) is 13.1 Å². The molecule has 2 aliphatic rings. The molecule has 1 aromatic heterocycles. The Labute approximate surface area is 103 Å². The fraction of sp³-hybridized carbons (Fsp3) is 0.846. The van der Waals surface area contributed by atoms with Gasteiger partial charge in [0.05, 0.1) is 0 Å². The van der Waals surface area contributed by atoms with Crippen LogP contribution < -0.4 is 5.32 Å². The topological polar surface area (TPSA) is 42.7 Å². The molecule has 2 atom stereocenters. The molecule has 3 rings (SSSR count). The van der Waals surface area contributed by atoms with E-state index >= 15 is 0 Å². The van der Waals surface area contributed by atoms with Crippen LogP contribution in [0.5, 0.6) is 0 Å². The van der Waals surface area contributed by atoms with E-state index < -0.39 is 0 Å². The fourth-order valence-electron chi connectivity index (χ4n) is 3.05. The summed E-state index contributed by atoms with van der Waals surface area (Å²) in [6.07, 6.45) is 6.12. The van der Waals surface area contributed by atoms with Gasteiger partial charge in [-0.05, 0) is 44.2 Å². The van der Waals surface area contributed by atoms with Crippen LogP contribution in [0.3, 0.4) is 0 Å². The Morgan fingerprint density at radius 3 is 3.12 bits per heavy atom. The Morgan fingerprint density at radius 2 is 2.29 bits per heavy atom. The second kappa shape index (κ2) is 4.77. The molecule has 17 heavy (non-hydrogen) atoms. The second-order valence-electron chi connectivity index (χ2n) is 5.70. The Bertz CT molecular complexity index is 379. The van der Waals surface area contributed by atoms with Crippen molar-refractivity contribution < 1.29 is 0 Å². The number of aryl methyl sites for hydroxylation is 1. The largest absolute Gasteiger partial charge is 0.316 e. The smallest absolute Gasteiger partial charge is 0.133 e. The van der Waals surface area contributed by atoms with E-state index in [9.17, 15) is 0 Å². The van der Waals surface area contributed by atoms with Crippen LogP contribution in [0.1, 0.15) is 37.8 Å². The molecule has 1 fully saturated rings. The van der Waals surface area contributed by atoms with Crippen molar-refractivity contribution in [2.24, 2.45) is 11.8 Å². The van der Waals surface area contributed by atoms with Crippen LogP contribution in [-0.2, 0) is 19.4 Å². The maximum absolute atomic E-state index is 4.41. The molecule has 0 aliphatic carbocycles. The van der Waals surface area contributed by atoms with Gasteiger partial charge in [-0.2, -0.15) is 0 Å². The summed E-state index contributed by atoms with van der Waals surface area (Å²) in [6, 6.07) is 0. The zero-order chi connectivity index (χ0) is 11.7. The van der Waals surface area contributed by atoms with Gasteiger partial charge in [0, 0.05) is 19.4 Å². The van der Waals surface area contributed by atoms with Crippen LogP contribution in [0.25, 0.3) is 0 Å². The summed E-state index contributed by atoms with van der Waals surface area (Å²) in [7, 11) is 0. The third-order valence-corrected chi connectivity index (χ3v) is 4.13. The molecular formula is C13H22N4. The Hall–Kier alpha value is -0.900. The number of nitrogens with one attached hydrogen (secondary N) is 1. The average Bonchev–Trinajstić information content (AvgIpc) is 2.73. The summed E-state index contributed by atoms with van der Waals surface area (Å²) >= 11 is 0. The molecule has 0 spiro atoms. The predicted molar refractivity (Wildman–Crippen MR) is 66.8 cm³/mol. The van der Waals surface area contributed by atoms with Gasteiger partial charge in [0.2, 0.25) is 0 Å². The zero-order valence-electron chi connectivity index (χ0n) is 10.7. The second-order valence-corrected chi connectivity index (χ2v) is 5.70. The molecule has 1 N–H and O–H groups in total. The number of rotatable bonds is 2. The van der Waals surface area contributed by atoms with Crippen LogP contribution in [0.2, 0.25) is 0 Å². The van der Waals surface area contributed by atoms with Gasteiger partial charge in [0.25, 0.3) is 0 Å². The molecule has 4 heteroatoms. The molecule has 0 saturated carbocycles. The van der Waals surface area contributed by atoms with Crippen molar-refractivity contribution in [3.8, 4) is 0 Å². The number of piperidine rings is 1. The van der Waals surface area contributed by atoms with Crippen molar-refractivity contribution in [1.82, 2.24) is 20.1 Å². The summed E-state index contributed by atoms with van der Waals surface area (Å²) in [5.74, 6) is 3.97. The molecule has 0 aromatic carbocycles. The van der Waals surface area contributed by atoms with Gasteiger partial charge in [0.1, 0.15) is 11.6 Å². The Morgan fingerprint density at radius 1 is 1.35 bits per heavy atom. The molecule has 1 aromatic rings. The highest BCUT2D eigenvalue weighted by Crippen LogP contribution is 2.22. The molecule has 2 aliphatic heterocycles. The van der Waals surface area contributed by atoms with Crippen molar-refractivity contribution in [1.29, 1.82) is 0 Å². The number of aromatic nitrogens is 3. The van der Waals surface area contributed by atoms with E-state index in [4.69, 9.17) is 0 Å². The van der Waals surface area contributed by atoms with E-state index in [-0.39, 0.29) is 0 Å². The van der Waals surface area contributed by atoms with Gasteiger partial charge < -0.3 is 9.88 Å². The van der Waals surface area contributed by atoms with Gasteiger partial charge in [-0.3, -0.25) is 0 Å². The Kier molecular flexibility index (Phi) is 3.14. The van der Waals surface area contributed by atoms with Crippen molar-refractivity contribution >= 4 is 0 Å². The lowest BCUT2D eigenvalue weighted by Gasteiger charge is -2.24. The molecule has 0 bridgehead atoms. The van der Waals surface area contributed by atoms with Crippen LogP contribution in [0.15, 0.2) is 0 Å². The quantitative estimate of drug-likeness (QED) is 0.841. The van der Waals surface area contributed by atoms with Gasteiger partial charge in [-0.25, -0.2) is 0 Å². The van der Waals surface area contributed by atoms with Crippen molar-refractivity contribution in [3.05, 3.63) is 11.6 Å². The first-order chi connectivity index (χ1) is 8.33. The van der Waals surface area contributed by atoms with E-state index in [1.807, 2.05) is 0 Å². The number of hydrogen-bond donors (Lipinski definition) is 1. The van der Waals surface area contributed by atoms with Gasteiger partial charge in [0.15, 0.2) is 0 Å². The highest BCUT2D eigenvalue weighted by atomic mass is 15.3. The van der Waals surface area contributed by atoms with E-state index in [2.05, 4.69) is 27.0 Å². The highest BCUT2D eigenvalue weighted by Gasteiger charge is 2.22. The van der Waals surface area contributed by atoms with Crippen molar-refractivity contribution in [3.63, 3.8) is 0 Å². The highest BCUT2D eigenvalue weighted by molar-refractivity contribution is 5.01. The van der Waals surface area contributed by atoms with Crippen LogP contribution in [0.4, 0.5) is 0 Å². The van der Waals surface area contributed by atoms with E-state index in [1.54, 1.807) is 0 Å². The molecule has 0 radical (unpaired) electrons. The minimum Gasteiger partial charge on any atom is -0.316 e. The first kappa shape index (κ1) is 11.2. The number of nitrogens with zero attached hydrogens (tertiary/aromatic N) is 3. The van der Waals surface area contributed by atoms with E-state index in [0.29, 0.717) is 0 Å². The summed E-state index contributed by atoms with van der Waals surface area (Å²) in [5.41, 5.74) is 0. The summed E-state index contributed by atoms with van der Waals surface area (Å²) in [6.45, 7) is 5.79. The summed E-state index contributed by atoms with van der Waals surface area (Å²) in [4.78, 5) is 0. The lowest BCUT2D eigenvalue weighted by Crippen LogP contribution is -2.32. The maximum Gasteiger partial charge on any atom is 0.133 e. The molecule has 0 amide bonds. The van der Waals surface area contributed by atoms with Gasteiger partial charge >= 0.3 is 0 Å². The molecule has 94 valence electrons. The first-order valence-corrected chi connectivity index (χ1v) is 6.94. The third-order valence-electron chi connectivity index (χ3n) is 4.13. The summed E-state index contributed by atoms with van der Waals surface area (Å²) in [5, 5.41) is 12.2. The van der Waals surface area contributed by atoms with Gasteiger partial charge in [-0.15, -0.1) is 10.2 Å². The zero-order valence-corrected chi connectivity index (χ0v) is 10.7. The van der Waals surface area contributed by atoms with Crippen molar-refractivity contribution in [2.45, 2.75) is 45.6 Å². The first-order valence-electron chi connectivity index (χ1n) is 6.94. The minimum atomic E-state index is 0.759. The standard InChI is InChI=1S/C13H22N4/c1-10-4-5-12-15-16-13(17(12)9-10)7-11-3-2-6-14-8-11/h10-11,14H,2-9H2,1H3. The Balaban J connectivity index is 1.72. The van der Waals surface area contributed by atoms with E-state index in [1.165, 1.54) is 37.5 Å². The SMILES string of the molecule is CC1CCc2nnc(CC3CCCNC3)n2C1. The predicted octanol–water partition coefficient (Wildman–Crippen LogP) is 1.40. The fourth-order valence-corrected chi connectivity index (χ4v) is 3.05. The molecular weight excluding hydrogens is 212 g/mol.